The summed E-state index contributed by atoms with van der Waals surface area (Å²) in [6, 6.07) is 7.49. The van der Waals surface area contributed by atoms with Crippen molar-refractivity contribution in [1.82, 2.24) is 9.55 Å². The highest BCUT2D eigenvalue weighted by atomic mass is 16.5. The van der Waals surface area contributed by atoms with Crippen molar-refractivity contribution in [2.45, 2.75) is 25.9 Å². The highest BCUT2D eigenvalue weighted by molar-refractivity contribution is 5.38. The number of aliphatic hydroxyl groups is 1. The maximum absolute atomic E-state index is 10.5. The molecule has 0 aliphatic heterocycles. The molecule has 102 valence electrons. The number of rotatable bonds is 4. The second kappa shape index (κ2) is 5.45. The van der Waals surface area contributed by atoms with Crippen molar-refractivity contribution in [2.75, 3.05) is 7.11 Å². The Morgan fingerprint density at radius 1 is 1.26 bits per heavy atom. The third kappa shape index (κ3) is 2.49. The summed E-state index contributed by atoms with van der Waals surface area (Å²) >= 11 is 0. The lowest BCUT2D eigenvalue weighted by atomic mass is 10.1. The number of nitrogens with zero attached hydrogens (tertiary/aromatic N) is 2. The zero-order valence-corrected chi connectivity index (χ0v) is 11.8. The first-order chi connectivity index (χ1) is 9.06. The van der Waals surface area contributed by atoms with Gasteiger partial charge in [0.05, 0.1) is 19.0 Å². The zero-order valence-electron chi connectivity index (χ0n) is 11.8. The normalized spacial score (nSPS) is 12.7. The first-order valence-corrected chi connectivity index (χ1v) is 6.38. The van der Waals surface area contributed by atoms with Crippen molar-refractivity contribution in [2.24, 2.45) is 7.05 Å². The number of hydrogen-bond acceptors (Lipinski definition) is 3. The first kappa shape index (κ1) is 13.6. The van der Waals surface area contributed by atoms with Crippen molar-refractivity contribution < 1.29 is 9.84 Å². The van der Waals surface area contributed by atoms with Crippen LogP contribution in [0.1, 0.15) is 43.0 Å². The van der Waals surface area contributed by atoms with Crippen LogP contribution in [0.25, 0.3) is 0 Å². The first-order valence-electron chi connectivity index (χ1n) is 6.38. The van der Waals surface area contributed by atoms with E-state index < -0.39 is 6.10 Å². The van der Waals surface area contributed by atoms with E-state index in [4.69, 9.17) is 4.74 Å². The highest BCUT2D eigenvalue weighted by Gasteiger charge is 2.20. The molecular weight excluding hydrogens is 240 g/mol. The molecule has 2 aromatic rings. The quantitative estimate of drug-likeness (QED) is 0.919. The van der Waals surface area contributed by atoms with Gasteiger partial charge in [-0.3, -0.25) is 0 Å². The van der Waals surface area contributed by atoms with E-state index in [1.54, 1.807) is 13.3 Å². The molecule has 4 heteroatoms. The summed E-state index contributed by atoms with van der Waals surface area (Å²) in [4.78, 5) is 4.38. The van der Waals surface area contributed by atoms with Crippen LogP contribution in [0.3, 0.4) is 0 Å². The molecule has 1 N–H and O–H groups in total. The molecule has 0 fully saturated rings. The fourth-order valence-electron chi connectivity index (χ4n) is 2.28. The Labute approximate surface area is 113 Å². The van der Waals surface area contributed by atoms with Gasteiger partial charge in [0, 0.05) is 18.5 Å². The molecule has 0 saturated heterocycles. The summed E-state index contributed by atoms with van der Waals surface area (Å²) in [7, 11) is 3.53. The van der Waals surface area contributed by atoms with Crippen molar-refractivity contribution in [1.29, 1.82) is 0 Å². The van der Waals surface area contributed by atoms with Crippen molar-refractivity contribution in [3.8, 4) is 5.75 Å². The molecule has 0 amide bonds. The lowest BCUT2D eigenvalue weighted by Gasteiger charge is -2.16. The van der Waals surface area contributed by atoms with Crippen LogP contribution in [0, 0.1) is 0 Å². The minimum Gasteiger partial charge on any atom is -0.496 e. The predicted octanol–water partition coefficient (Wildman–Crippen LogP) is 2.63. The molecule has 1 aromatic carbocycles. The van der Waals surface area contributed by atoms with Gasteiger partial charge >= 0.3 is 0 Å². The van der Waals surface area contributed by atoms with Gasteiger partial charge < -0.3 is 14.4 Å². The lowest BCUT2D eigenvalue weighted by Crippen LogP contribution is -2.09. The Bertz CT molecular complexity index is 561. The second-order valence-electron chi connectivity index (χ2n) is 4.90. The predicted molar refractivity (Wildman–Crippen MR) is 74.4 cm³/mol. The number of aliphatic hydroxyl groups excluding tert-OH is 1. The van der Waals surface area contributed by atoms with E-state index in [-0.39, 0.29) is 0 Å². The van der Waals surface area contributed by atoms with Gasteiger partial charge in [0.2, 0.25) is 0 Å². The summed E-state index contributed by atoms with van der Waals surface area (Å²) < 4.78 is 7.24. The van der Waals surface area contributed by atoms with E-state index in [1.165, 1.54) is 0 Å². The number of hydrogen-bond donors (Lipinski definition) is 1. The monoisotopic (exact) mass is 260 g/mol. The average Bonchev–Trinajstić information content (AvgIpc) is 2.80. The molecule has 0 spiro atoms. The topological polar surface area (TPSA) is 47.3 Å². The van der Waals surface area contributed by atoms with Crippen LogP contribution in [0.5, 0.6) is 5.75 Å². The average molecular weight is 260 g/mol. The van der Waals surface area contributed by atoms with Crippen molar-refractivity contribution in [3.63, 3.8) is 0 Å². The van der Waals surface area contributed by atoms with E-state index in [0.717, 1.165) is 17.1 Å². The van der Waals surface area contributed by atoms with Gasteiger partial charge in [-0.15, -0.1) is 0 Å². The molecule has 19 heavy (non-hydrogen) atoms. The molecule has 4 nitrogen and oxygen atoms in total. The summed E-state index contributed by atoms with van der Waals surface area (Å²) in [5, 5.41) is 10.5. The molecule has 1 atom stereocenters. The number of aromatic nitrogens is 2. The Hall–Kier alpha value is -1.81. The molecule has 0 radical (unpaired) electrons. The Morgan fingerprint density at radius 2 is 1.95 bits per heavy atom. The third-order valence-corrected chi connectivity index (χ3v) is 3.29. The molecule has 0 aliphatic rings. The van der Waals surface area contributed by atoms with Gasteiger partial charge in [0.25, 0.3) is 0 Å². The SMILES string of the molecule is COc1ccccc1[C@H](O)c1cnc(C(C)C)n1C. The van der Waals surface area contributed by atoms with Gasteiger partial charge in [-0.05, 0) is 6.07 Å². The summed E-state index contributed by atoms with van der Waals surface area (Å²) in [5.41, 5.74) is 1.52. The van der Waals surface area contributed by atoms with Crippen LogP contribution < -0.4 is 4.74 Å². The summed E-state index contributed by atoms with van der Waals surface area (Å²) in [6.45, 7) is 4.17. The van der Waals surface area contributed by atoms with Crippen molar-refractivity contribution >= 4 is 0 Å². The van der Waals surface area contributed by atoms with Gasteiger partial charge in [-0.25, -0.2) is 4.98 Å². The molecule has 0 aliphatic carbocycles. The number of imidazole rings is 1. The van der Waals surface area contributed by atoms with E-state index in [2.05, 4.69) is 18.8 Å². The minimum absolute atomic E-state index is 0.323. The van der Waals surface area contributed by atoms with Gasteiger partial charge in [0.15, 0.2) is 0 Å². The van der Waals surface area contributed by atoms with Crippen molar-refractivity contribution in [3.05, 3.63) is 47.5 Å². The van der Waals surface area contributed by atoms with Crippen LogP contribution in [0.4, 0.5) is 0 Å². The molecule has 0 unspecified atom stereocenters. The number of methoxy groups -OCH3 is 1. The molecule has 1 heterocycles. The smallest absolute Gasteiger partial charge is 0.125 e. The largest absolute Gasteiger partial charge is 0.496 e. The Kier molecular flexibility index (Phi) is 3.90. The molecule has 1 aromatic heterocycles. The maximum Gasteiger partial charge on any atom is 0.125 e. The number of benzene rings is 1. The van der Waals surface area contributed by atoms with Gasteiger partial charge in [0.1, 0.15) is 17.7 Å². The van der Waals surface area contributed by atoms with E-state index in [9.17, 15) is 5.11 Å². The standard InChI is InChI=1S/C15H20N2O2/c1-10(2)15-16-9-12(17(15)3)14(18)11-7-5-6-8-13(11)19-4/h5-10,14,18H,1-4H3/t14-/m0/s1. The van der Waals surface area contributed by atoms with Gasteiger partial charge in [-0.1, -0.05) is 32.0 Å². The van der Waals surface area contributed by atoms with Crippen LogP contribution in [0.2, 0.25) is 0 Å². The Balaban J connectivity index is 2.42. The highest BCUT2D eigenvalue weighted by Crippen LogP contribution is 2.30. The lowest BCUT2D eigenvalue weighted by molar-refractivity contribution is 0.206. The third-order valence-electron chi connectivity index (χ3n) is 3.29. The number of para-hydroxylation sites is 1. The minimum atomic E-state index is -0.735. The maximum atomic E-state index is 10.5. The fraction of sp³-hybridized carbons (Fsp3) is 0.400. The van der Waals surface area contributed by atoms with Crippen LogP contribution in [-0.4, -0.2) is 21.8 Å². The van der Waals surface area contributed by atoms with Crippen LogP contribution in [-0.2, 0) is 7.05 Å². The summed E-state index contributed by atoms with van der Waals surface area (Å²) in [5.74, 6) is 1.97. The molecule has 0 saturated carbocycles. The van der Waals surface area contributed by atoms with E-state index in [0.29, 0.717) is 11.7 Å². The second-order valence-corrected chi connectivity index (χ2v) is 4.90. The fourth-order valence-corrected chi connectivity index (χ4v) is 2.28. The Morgan fingerprint density at radius 3 is 2.53 bits per heavy atom. The molecule has 2 rings (SSSR count). The van der Waals surface area contributed by atoms with E-state index in [1.807, 2.05) is 35.9 Å². The van der Waals surface area contributed by atoms with Crippen LogP contribution in [0.15, 0.2) is 30.5 Å². The van der Waals surface area contributed by atoms with Gasteiger partial charge in [-0.2, -0.15) is 0 Å². The number of ether oxygens (including phenoxy) is 1. The summed E-state index contributed by atoms with van der Waals surface area (Å²) in [6.07, 6.45) is 0.994. The zero-order chi connectivity index (χ0) is 14.0. The molecular formula is C15H20N2O2. The van der Waals surface area contributed by atoms with Crippen LogP contribution >= 0.6 is 0 Å². The van der Waals surface area contributed by atoms with E-state index >= 15 is 0 Å². The molecule has 0 bridgehead atoms.